The lowest BCUT2D eigenvalue weighted by Gasteiger charge is -2.08. The summed E-state index contributed by atoms with van der Waals surface area (Å²) in [6, 6.07) is 28.5. The van der Waals surface area contributed by atoms with Gasteiger partial charge in [-0.3, -0.25) is 0 Å². The Morgan fingerprint density at radius 3 is 1.88 bits per heavy atom. The molecule has 0 unspecified atom stereocenters. The molecule has 0 radical (unpaired) electrons. The third-order valence-corrected chi connectivity index (χ3v) is 4.56. The van der Waals surface area contributed by atoms with Gasteiger partial charge < -0.3 is 0 Å². The van der Waals surface area contributed by atoms with Gasteiger partial charge in [0, 0.05) is 11.1 Å². The Bertz CT molecular complexity index is 988. The Labute approximate surface area is 152 Å². The fraction of sp³-hybridized carbons (Fsp3) is 0.0455. The summed E-state index contributed by atoms with van der Waals surface area (Å²) in [7, 11) is 0. The molecule has 1 heterocycles. The fourth-order valence-electron chi connectivity index (χ4n) is 2.90. The number of aromatic nitrogens is 2. The minimum Gasteiger partial charge on any atom is -0.231 e. The molecule has 122 valence electrons. The van der Waals surface area contributed by atoms with Crippen LogP contribution in [0.3, 0.4) is 0 Å². The SMILES string of the molecule is Cc1ccc(-n2nc(-c3ccccc3)c(Cl)c2-c2ccccc2)cc1. The molecule has 0 amide bonds. The molecule has 0 saturated carbocycles. The largest absolute Gasteiger partial charge is 0.231 e. The van der Waals surface area contributed by atoms with E-state index in [1.165, 1.54) is 5.56 Å². The molecule has 3 heteroatoms. The summed E-state index contributed by atoms with van der Waals surface area (Å²) < 4.78 is 1.93. The van der Waals surface area contributed by atoms with E-state index in [4.69, 9.17) is 16.7 Å². The molecule has 0 fully saturated rings. The Morgan fingerprint density at radius 2 is 1.28 bits per heavy atom. The maximum atomic E-state index is 6.80. The van der Waals surface area contributed by atoms with E-state index in [-0.39, 0.29) is 0 Å². The van der Waals surface area contributed by atoms with Crippen LogP contribution < -0.4 is 0 Å². The zero-order valence-electron chi connectivity index (χ0n) is 13.9. The Hall–Kier alpha value is -2.84. The van der Waals surface area contributed by atoms with Crippen molar-refractivity contribution in [3.8, 4) is 28.2 Å². The molecule has 3 aromatic carbocycles. The minimum absolute atomic E-state index is 0.665. The van der Waals surface area contributed by atoms with Crippen LogP contribution in [0.25, 0.3) is 28.2 Å². The lowest BCUT2D eigenvalue weighted by molar-refractivity contribution is 0.891. The van der Waals surface area contributed by atoms with Crippen molar-refractivity contribution >= 4 is 11.6 Å². The molecule has 0 spiro atoms. The van der Waals surface area contributed by atoms with Crippen LogP contribution in [0.1, 0.15) is 5.56 Å². The quantitative estimate of drug-likeness (QED) is 0.434. The summed E-state index contributed by atoms with van der Waals surface area (Å²) in [6.45, 7) is 2.08. The molecule has 0 saturated heterocycles. The molecule has 0 N–H and O–H groups in total. The predicted octanol–water partition coefficient (Wildman–Crippen LogP) is 6.17. The van der Waals surface area contributed by atoms with Gasteiger partial charge in [0.15, 0.2) is 0 Å². The van der Waals surface area contributed by atoms with Gasteiger partial charge in [-0.25, -0.2) is 4.68 Å². The second-order valence-corrected chi connectivity index (χ2v) is 6.37. The number of nitrogens with zero attached hydrogens (tertiary/aromatic N) is 2. The minimum atomic E-state index is 0.665. The lowest BCUT2D eigenvalue weighted by Crippen LogP contribution is -1.99. The summed E-state index contributed by atoms with van der Waals surface area (Å²) in [5, 5.41) is 5.51. The summed E-state index contributed by atoms with van der Waals surface area (Å²) in [4.78, 5) is 0. The standard InChI is InChI=1S/C22H17ClN2/c1-16-12-14-19(15-13-16)25-22(18-10-6-3-7-11-18)20(23)21(24-25)17-8-4-2-5-9-17/h2-15H,1H3. The van der Waals surface area contributed by atoms with Crippen molar-refractivity contribution in [2.75, 3.05) is 0 Å². The van der Waals surface area contributed by atoms with E-state index in [1.54, 1.807) is 0 Å². The molecular formula is C22H17ClN2. The topological polar surface area (TPSA) is 17.8 Å². The molecule has 4 aromatic rings. The highest BCUT2D eigenvalue weighted by Gasteiger charge is 2.19. The van der Waals surface area contributed by atoms with Crippen LogP contribution in [-0.4, -0.2) is 9.78 Å². The molecular weight excluding hydrogens is 328 g/mol. The van der Waals surface area contributed by atoms with E-state index in [0.29, 0.717) is 5.02 Å². The summed E-state index contributed by atoms with van der Waals surface area (Å²) >= 11 is 6.80. The van der Waals surface area contributed by atoms with Crippen LogP contribution in [0.5, 0.6) is 0 Å². The van der Waals surface area contributed by atoms with Gasteiger partial charge >= 0.3 is 0 Å². The van der Waals surface area contributed by atoms with Gasteiger partial charge in [0.1, 0.15) is 5.69 Å². The van der Waals surface area contributed by atoms with Crippen LogP contribution in [0, 0.1) is 6.92 Å². The molecule has 0 aliphatic carbocycles. The number of rotatable bonds is 3. The van der Waals surface area contributed by atoms with E-state index < -0.39 is 0 Å². The summed E-state index contributed by atoms with van der Waals surface area (Å²) in [5.74, 6) is 0. The van der Waals surface area contributed by atoms with Gasteiger partial charge in [-0.1, -0.05) is 90.0 Å². The highest BCUT2D eigenvalue weighted by Crippen LogP contribution is 2.37. The van der Waals surface area contributed by atoms with Crippen molar-refractivity contribution in [1.29, 1.82) is 0 Å². The van der Waals surface area contributed by atoms with Crippen molar-refractivity contribution in [3.63, 3.8) is 0 Å². The van der Waals surface area contributed by atoms with E-state index in [0.717, 1.165) is 28.2 Å². The van der Waals surface area contributed by atoms with Crippen molar-refractivity contribution in [1.82, 2.24) is 9.78 Å². The Balaban J connectivity index is 1.97. The monoisotopic (exact) mass is 344 g/mol. The molecule has 2 nitrogen and oxygen atoms in total. The van der Waals surface area contributed by atoms with Gasteiger partial charge in [-0.2, -0.15) is 5.10 Å². The van der Waals surface area contributed by atoms with Crippen molar-refractivity contribution in [2.45, 2.75) is 6.92 Å². The third kappa shape index (κ3) is 2.97. The van der Waals surface area contributed by atoms with Gasteiger partial charge in [-0.15, -0.1) is 0 Å². The van der Waals surface area contributed by atoms with Gasteiger partial charge in [-0.05, 0) is 19.1 Å². The second-order valence-electron chi connectivity index (χ2n) is 5.99. The Morgan fingerprint density at radius 1 is 0.720 bits per heavy atom. The van der Waals surface area contributed by atoms with Gasteiger partial charge in [0.25, 0.3) is 0 Å². The molecule has 4 rings (SSSR count). The average Bonchev–Trinajstić information content (AvgIpc) is 3.01. The lowest BCUT2D eigenvalue weighted by atomic mass is 10.1. The first-order chi connectivity index (χ1) is 12.2. The number of benzene rings is 3. The second kappa shape index (κ2) is 6.58. The summed E-state index contributed by atoms with van der Waals surface area (Å²) in [5.41, 5.74) is 5.96. The van der Waals surface area contributed by atoms with Crippen LogP contribution >= 0.6 is 11.6 Å². The molecule has 0 atom stereocenters. The average molecular weight is 345 g/mol. The van der Waals surface area contributed by atoms with Crippen molar-refractivity contribution < 1.29 is 0 Å². The van der Waals surface area contributed by atoms with Crippen molar-refractivity contribution in [2.24, 2.45) is 0 Å². The predicted molar refractivity (Wildman–Crippen MR) is 104 cm³/mol. The normalized spacial score (nSPS) is 10.8. The first-order valence-electron chi connectivity index (χ1n) is 8.20. The molecule has 0 aliphatic rings. The summed E-state index contributed by atoms with van der Waals surface area (Å²) in [6.07, 6.45) is 0. The van der Waals surface area contributed by atoms with E-state index in [9.17, 15) is 0 Å². The smallest absolute Gasteiger partial charge is 0.112 e. The number of halogens is 1. The molecule has 0 bridgehead atoms. The van der Waals surface area contributed by atoms with E-state index >= 15 is 0 Å². The highest BCUT2D eigenvalue weighted by molar-refractivity contribution is 6.35. The highest BCUT2D eigenvalue weighted by atomic mass is 35.5. The zero-order valence-corrected chi connectivity index (χ0v) is 14.6. The van der Waals surface area contributed by atoms with Crippen molar-refractivity contribution in [3.05, 3.63) is 95.5 Å². The number of hydrogen-bond acceptors (Lipinski definition) is 1. The number of hydrogen-bond donors (Lipinski definition) is 0. The molecule has 1 aromatic heterocycles. The Kier molecular flexibility index (Phi) is 4.12. The van der Waals surface area contributed by atoms with Gasteiger partial charge in [0.05, 0.1) is 16.4 Å². The van der Waals surface area contributed by atoms with Gasteiger partial charge in [0.2, 0.25) is 0 Å². The van der Waals surface area contributed by atoms with Crippen LogP contribution in [0.15, 0.2) is 84.9 Å². The van der Waals surface area contributed by atoms with Crippen LogP contribution in [0.4, 0.5) is 0 Å². The third-order valence-electron chi connectivity index (χ3n) is 4.20. The maximum absolute atomic E-state index is 6.80. The molecule has 0 aliphatic heterocycles. The van der Waals surface area contributed by atoms with Crippen LogP contribution in [-0.2, 0) is 0 Å². The first-order valence-corrected chi connectivity index (χ1v) is 8.58. The molecule has 25 heavy (non-hydrogen) atoms. The van der Waals surface area contributed by atoms with Crippen LogP contribution in [0.2, 0.25) is 5.02 Å². The maximum Gasteiger partial charge on any atom is 0.112 e. The first kappa shape index (κ1) is 15.7. The zero-order chi connectivity index (χ0) is 17.2. The number of aryl methyl sites for hydroxylation is 1. The fourth-order valence-corrected chi connectivity index (χ4v) is 3.23. The van der Waals surface area contributed by atoms with E-state index in [2.05, 4.69) is 43.3 Å². The van der Waals surface area contributed by atoms with E-state index in [1.807, 2.05) is 53.2 Å².